The van der Waals surface area contributed by atoms with Crippen LogP contribution in [0, 0.1) is 19.8 Å². The molecular formula is C18H26N2O. The van der Waals surface area contributed by atoms with Gasteiger partial charge in [-0.3, -0.25) is 4.79 Å². The molecule has 3 rings (SSSR count). The smallest absolute Gasteiger partial charge is 0.225 e. The highest BCUT2D eigenvalue weighted by atomic mass is 16.2. The molecule has 0 bridgehead atoms. The van der Waals surface area contributed by atoms with E-state index in [1.165, 1.54) is 16.7 Å². The van der Waals surface area contributed by atoms with Crippen molar-refractivity contribution in [2.24, 2.45) is 5.92 Å². The van der Waals surface area contributed by atoms with Crippen LogP contribution in [-0.4, -0.2) is 30.9 Å². The molecule has 1 saturated heterocycles. The van der Waals surface area contributed by atoms with Crippen molar-refractivity contribution < 1.29 is 4.79 Å². The number of benzene rings is 1. The molecule has 114 valence electrons. The molecule has 0 radical (unpaired) electrons. The summed E-state index contributed by atoms with van der Waals surface area (Å²) in [6.45, 7) is 6.27. The molecule has 1 aromatic carbocycles. The van der Waals surface area contributed by atoms with Crippen LogP contribution in [0.2, 0.25) is 0 Å². The van der Waals surface area contributed by atoms with Gasteiger partial charge in [0.25, 0.3) is 0 Å². The summed E-state index contributed by atoms with van der Waals surface area (Å²) in [5.74, 6) is 0.408. The molecular weight excluding hydrogens is 260 g/mol. The summed E-state index contributed by atoms with van der Waals surface area (Å²) < 4.78 is 0. The number of amides is 1. The van der Waals surface area contributed by atoms with Gasteiger partial charge in [0.05, 0.1) is 11.5 Å². The minimum atomic E-state index is -0.0795. The van der Waals surface area contributed by atoms with Crippen LogP contribution < -0.4 is 5.32 Å². The Kier molecular flexibility index (Phi) is 3.78. The van der Waals surface area contributed by atoms with Gasteiger partial charge in [-0.2, -0.15) is 0 Å². The summed E-state index contributed by atoms with van der Waals surface area (Å²) in [5.41, 5.74) is 3.77. The van der Waals surface area contributed by atoms with Crippen molar-refractivity contribution in [2.75, 3.05) is 20.1 Å². The van der Waals surface area contributed by atoms with Crippen LogP contribution in [0.25, 0.3) is 0 Å². The summed E-state index contributed by atoms with van der Waals surface area (Å²) >= 11 is 0. The van der Waals surface area contributed by atoms with E-state index in [1.54, 1.807) is 0 Å². The quantitative estimate of drug-likeness (QED) is 0.926. The fourth-order valence-electron chi connectivity index (χ4n) is 3.58. The normalized spacial score (nSPS) is 24.6. The van der Waals surface area contributed by atoms with E-state index in [4.69, 9.17) is 0 Å². The Morgan fingerprint density at radius 1 is 1.24 bits per heavy atom. The third-order valence-corrected chi connectivity index (χ3v) is 4.88. The number of likely N-dealkylation sites (tertiary alicyclic amines) is 1. The van der Waals surface area contributed by atoms with Gasteiger partial charge in [0.2, 0.25) is 5.91 Å². The van der Waals surface area contributed by atoms with E-state index in [0.29, 0.717) is 0 Å². The minimum Gasteiger partial charge on any atom is -0.346 e. The first-order chi connectivity index (χ1) is 9.98. The Hall–Kier alpha value is -1.35. The average molecular weight is 286 g/mol. The Labute approximate surface area is 127 Å². The average Bonchev–Trinajstić information content (AvgIpc) is 3.18. The summed E-state index contributed by atoms with van der Waals surface area (Å²) in [4.78, 5) is 14.9. The van der Waals surface area contributed by atoms with Gasteiger partial charge < -0.3 is 10.2 Å². The minimum absolute atomic E-state index is 0.0795. The van der Waals surface area contributed by atoms with Crippen LogP contribution in [0.1, 0.15) is 42.4 Å². The zero-order valence-corrected chi connectivity index (χ0v) is 13.4. The van der Waals surface area contributed by atoms with Crippen LogP contribution in [0.4, 0.5) is 0 Å². The summed E-state index contributed by atoms with van der Waals surface area (Å²) in [5, 5.41) is 3.36. The maximum Gasteiger partial charge on any atom is 0.225 e. The molecule has 1 aromatic rings. The number of nitrogens with zero attached hydrogens (tertiary/aromatic N) is 1. The van der Waals surface area contributed by atoms with Crippen molar-refractivity contribution in [3.63, 3.8) is 0 Å². The fraction of sp³-hybridized carbons (Fsp3) is 0.611. The van der Waals surface area contributed by atoms with E-state index in [0.717, 1.165) is 38.8 Å². The standard InChI is InChI=1S/C18H26N2O/c1-13-9-14(2)11-16(10-13)18(6-7-18)19-17(21)15-5-4-8-20(3)12-15/h9-11,15H,4-8,12H2,1-3H3,(H,19,21). The molecule has 3 heteroatoms. The zero-order chi connectivity index (χ0) is 15.0. The van der Waals surface area contributed by atoms with Crippen molar-refractivity contribution >= 4 is 5.91 Å². The molecule has 0 spiro atoms. The number of hydrogen-bond acceptors (Lipinski definition) is 2. The van der Waals surface area contributed by atoms with E-state index >= 15 is 0 Å². The van der Waals surface area contributed by atoms with Gasteiger partial charge in [-0.15, -0.1) is 0 Å². The first-order valence-electron chi connectivity index (χ1n) is 8.08. The van der Waals surface area contributed by atoms with E-state index in [2.05, 4.69) is 49.3 Å². The number of rotatable bonds is 3. The second kappa shape index (κ2) is 5.45. The maximum absolute atomic E-state index is 12.6. The van der Waals surface area contributed by atoms with Crippen LogP contribution in [-0.2, 0) is 10.3 Å². The molecule has 21 heavy (non-hydrogen) atoms. The van der Waals surface area contributed by atoms with Gasteiger partial charge in [-0.25, -0.2) is 0 Å². The Balaban J connectivity index is 1.73. The highest BCUT2D eigenvalue weighted by Crippen LogP contribution is 2.46. The zero-order valence-electron chi connectivity index (χ0n) is 13.4. The van der Waals surface area contributed by atoms with Crippen molar-refractivity contribution in [1.82, 2.24) is 10.2 Å². The first-order valence-corrected chi connectivity index (χ1v) is 8.08. The molecule has 1 unspecified atom stereocenters. The third-order valence-electron chi connectivity index (χ3n) is 4.88. The van der Waals surface area contributed by atoms with Gasteiger partial charge in [-0.1, -0.05) is 29.3 Å². The van der Waals surface area contributed by atoms with Crippen LogP contribution >= 0.6 is 0 Å². The van der Waals surface area contributed by atoms with Crippen molar-refractivity contribution in [3.05, 3.63) is 34.9 Å². The predicted octanol–water partition coefficient (Wildman–Crippen LogP) is 2.75. The lowest BCUT2D eigenvalue weighted by Gasteiger charge is -2.30. The molecule has 1 atom stereocenters. The molecule has 1 N–H and O–H groups in total. The molecule has 1 aliphatic heterocycles. The number of nitrogens with one attached hydrogen (secondary N) is 1. The number of aryl methyl sites for hydroxylation is 2. The van der Waals surface area contributed by atoms with Gasteiger partial charge >= 0.3 is 0 Å². The molecule has 2 aliphatic rings. The van der Waals surface area contributed by atoms with E-state index < -0.39 is 0 Å². The van der Waals surface area contributed by atoms with Crippen LogP contribution in [0.5, 0.6) is 0 Å². The number of hydrogen-bond donors (Lipinski definition) is 1. The van der Waals surface area contributed by atoms with E-state index in [9.17, 15) is 4.79 Å². The molecule has 1 amide bonds. The summed E-state index contributed by atoms with van der Waals surface area (Å²) in [6.07, 6.45) is 4.30. The first kappa shape index (κ1) is 14.6. The number of carbonyl (C=O) groups excluding carboxylic acids is 1. The van der Waals surface area contributed by atoms with Gasteiger partial charge in [0, 0.05) is 6.54 Å². The van der Waals surface area contributed by atoms with Crippen LogP contribution in [0.15, 0.2) is 18.2 Å². The molecule has 3 nitrogen and oxygen atoms in total. The SMILES string of the molecule is Cc1cc(C)cc(C2(NC(=O)C3CCCN(C)C3)CC2)c1. The highest BCUT2D eigenvalue weighted by molar-refractivity contribution is 5.80. The molecule has 1 aliphatic carbocycles. The maximum atomic E-state index is 12.6. The lowest BCUT2D eigenvalue weighted by molar-refractivity contribution is -0.127. The predicted molar refractivity (Wildman–Crippen MR) is 85.2 cm³/mol. The third kappa shape index (κ3) is 3.13. The Morgan fingerprint density at radius 3 is 2.48 bits per heavy atom. The molecule has 2 fully saturated rings. The second-order valence-corrected chi connectivity index (χ2v) is 7.05. The highest BCUT2D eigenvalue weighted by Gasteiger charge is 2.46. The molecule has 0 aromatic heterocycles. The number of carbonyl (C=O) groups is 1. The molecule has 1 saturated carbocycles. The monoisotopic (exact) mass is 286 g/mol. The van der Waals surface area contributed by atoms with Gasteiger partial charge in [0.1, 0.15) is 0 Å². The second-order valence-electron chi connectivity index (χ2n) is 7.05. The summed E-state index contributed by atoms with van der Waals surface area (Å²) in [6, 6.07) is 6.65. The van der Waals surface area contributed by atoms with Crippen molar-refractivity contribution in [2.45, 2.75) is 45.1 Å². The number of piperidine rings is 1. The van der Waals surface area contributed by atoms with E-state index in [-0.39, 0.29) is 17.4 Å². The van der Waals surface area contributed by atoms with Crippen molar-refractivity contribution in [3.8, 4) is 0 Å². The lowest BCUT2D eigenvalue weighted by Crippen LogP contribution is -2.45. The Bertz CT molecular complexity index is 528. The lowest BCUT2D eigenvalue weighted by atomic mass is 9.95. The van der Waals surface area contributed by atoms with Crippen LogP contribution in [0.3, 0.4) is 0 Å². The van der Waals surface area contributed by atoms with Gasteiger partial charge in [-0.05, 0) is 58.7 Å². The molecule has 1 heterocycles. The van der Waals surface area contributed by atoms with Gasteiger partial charge in [0.15, 0.2) is 0 Å². The van der Waals surface area contributed by atoms with E-state index in [1.807, 2.05) is 0 Å². The summed E-state index contributed by atoms with van der Waals surface area (Å²) in [7, 11) is 2.11. The topological polar surface area (TPSA) is 32.3 Å². The largest absolute Gasteiger partial charge is 0.346 e. The Morgan fingerprint density at radius 2 is 1.90 bits per heavy atom. The fourth-order valence-corrected chi connectivity index (χ4v) is 3.58. The van der Waals surface area contributed by atoms with Crippen molar-refractivity contribution in [1.29, 1.82) is 0 Å².